The van der Waals surface area contributed by atoms with E-state index in [1.807, 2.05) is 0 Å². The average molecular weight is 261 g/mol. The molecular formula is C16H23NO2. The topological polar surface area (TPSA) is 38.3 Å². The third-order valence-corrected chi connectivity index (χ3v) is 3.62. The van der Waals surface area contributed by atoms with Gasteiger partial charge in [0.1, 0.15) is 5.78 Å². The Morgan fingerprint density at radius 3 is 2.58 bits per heavy atom. The zero-order valence-electron chi connectivity index (χ0n) is 12.0. The number of hydrogen-bond donors (Lipinski definition) is 1. The molecule has 2 unspecified atom stereocenters. The second-order valence-electron chi connectivity index (χ2n) is 5.45. The molecule has 2 atom stereocenters. The van der Waals surface area contributed by atoms with Crippen molar-refractivity contribution in [2.75, 3.05) is 19.8 Å². The Morgan fingerprint density at radius 1 is 1.26 bits per heavy atom. The van der Waals surface area contributed by atoms with E-state index in [4.69, 9.17) is 4.74 Å². The van der Waals surface area contributed by atoms with Gasteiger partial charge in [-0.3, -0.25) is 4.79 Å². The highest BCUT2D eigenvalue weighted by atomic mass is 16.5. The van der Waals surface area contributed by atoms with E-state index in [0.717, 1.165) is 12.1 Å². The predicted octanol–water partition coefficient (Wildman–Crippen LogP) is 2.04. The molecule has 0 aliphatic carbocycles. The number of aryl methyl sites for hydroxylation is 2. The number of hydrogen-bond acceptors (Lipinski definition) is 3. The van der Waals surface area contributed by atoms with Crippen LogP contribution < -0.4 is 5.32 Å². The van der Waals surface area contributed by atoms with Crippen molar-refractivity contribution in [3.8, 4) is 0 Å². The van der Waals surface area contributed by atoms with Gasteiger partial charge in [-0.2, -0.15) is 0 Å². The van der Waals surface area contributed by atoms with E-state index in [1.54, 1.807) is 0 Å². The SMILES string of the molecule is CCNC1COCC1C(=O)Cc1cc(C)cc(C)c1. The molecule has 3 nitrogen and oxygen atoms in total. The number of carbonyl (C=O) groups excluding carboxylic acids is 1. The van der Waals surface area contributed by atoms with E-state index >= 15 is 0 Å². The van der Waals surface area contributed by atoms with Crippen molar-refractivity contribution in [1.29, 1.82) is 0 Å². The van der Waals surface area contributed by atoms with Gasteiger partial charge in [0.15, 0.2) is 0 Å². The molecule has 1 aliphatic heterocycles. The van der Waals surface area contributed by atoms with Crippen LogP contribution in [0.4, 0.5) is 0 Å². The number of ether oxygens (including phenoxy) is 1. The lowest BCUT2D eigenvalue weighted by Crippen LogP contribution is -2.39. The van der Waals surface area contributed by atoms with Crippen molar-refractivity contribution < 1.29 is 9.53 Å². The number of Topliss-reactive ketones (excluding diaryl/α,β-unsaturated/α-hetero) is 1. The van der Waals surface area contributed by atoms with Gasteiger partial charge in [-0.15, -0.1) is 0 Å². The molecule has 1 saturated heterocycles. The Bertz CT molecular complexity index is 436. The first-order valence-corrected chi connectivity index (χ1v) is 7.01. The summed E-state index contributed by atoms with van der Waals surface area (Å²) in [6.07, 6.45) is 0.512. The summed E-state index contributed by atoms with van der Waals surface area (Å²) in [5.41, 5.74) is 3.55. The molecule has 0 saturated carbocycles. The van der Waals surface area contributed by atoms with Crippen LogP contribution in [-0.2, 0) is 16.0 Å². The molecule has 1 aromatic rings. The molecule has 0 spiro atoms. The minimum Gasteiger partial charge on any atom is -0.379 e. The molecule has 19 heavy (non-hydrogen) atoms. The highest BCUT2D eigenvalue weighted by Crippen LogP contribution is 2.18. The molecule has 1 fully saturated rings. The number of nitrogens with one attached hydrogen (secondary N) is 1. The largest absolute Gasteiger partial charge is 0.379 e. The highest BCUT2D eigenvalue weighted by molar-refractivity contribution is 5.84. The van der Waals surface area contributed by atoms with Crippen LogP contribution in [0.15, 0.2) is 18.2 Å². The molecule has 0 amide bonds. The van der Waals surface area contributed by atoms with E-state index in [2.05, 4.69) is 44.3 Å². The Hall–Kier alpha value is -1.19. The highest BCUT2D eigenvalue weighted by Gasteiger charge is 2.32. The van der Waals surface area contributed by atoms with Gasteiger partial charge in [0.25, 0.3) is 0 Å². The lowest BCUT2D eigenvalue weighted by Gasteiger charge is -2.17. The third-order valence-electron chi connectivity index (χ3n) is 3.62. The normalized spacial score (nSPS) is 22.7. The third kappa shape index (κ3) is 3.64. The number of likely N-dealkylation sites (N-methyl/N-ethyl adjacent to an activating group) is 1. The molecule has 104 valence electrons. The van der Waals surface area contributed by atoms with Gasteiger partial charge in [-0.05, 0) is 26.0 Å². The fourth-order valence-electron chi connectivity index (χ4n) is 2.84. The van der Waals surface area contributed by atoms with E-state index in [9.17, 15) is 4.79 Å². The Labute approximate surface area is 115 Å². The molecule has 0 radical (unpaired) electrons. The van der Waals surface area contributed by atoms with Gasteiger partial charge in [-0.1, -0.05) is 36.2 Å². The maximum Gasteiger partial charge on any atom is 0.144 e. The van der Waals surface area contributed by atoms with Crippen molar-refractivity contribution >= 4 is 5.78 Å². The minimum absolute atomic E-state index is 0.000711. The lowest BCUT2D eigenvalue weighted by atomic mass is 9.92. The van der Waals surface area contributed by atoms with Gasteiger partial charge in [0, 0.05) is 12.5 Å². The van der Waals surface area contributed by atoms with Gasteiger partial charge in [0.05, 0.1) is 19.1 Å². The molecule has 1 aromatic carbocycles. The molecule has 1 N–H and O–H groups in total. The summed E-state index contributed by atoms with van der Waals surface area (Å²) in [4.78, 5) is 12.4. The molecule has 2 rings (SSSR count). The van der Waals surface area contributed by atoms with Crippen molar-refractivity contribution in [2.45, 2.75) is 33.2 Å². The van der Waals surface area contributed by atoms with Gasteiger partial charge in [0.2, 0.25) is 0 Å². The summed E-state index contributed by atoms with van der Waals surface area (Å²) < 4.78 is 5.45. The van der Waals surface area contributed by atoms with E-state index < -0.39 is 0 Å². The van der Waals surface area contributed by atoms with Crippen molar-refractivity contribution in [1.82, 2.24) is 5.32 Å². The Kier molecular flexibility index (Phi) is 4.72. The minimum atomic E-state index is 0.000711. The van der Waals surface area contributed by atoms with Crippen LogP contribution in [0.5, 0.6) is 0 Å². The maximum atomic E-state index is 12.4. The van der Waals surface area contributed by atoms with Crippen molar-refractivity contribution in [3.63, 3.8) is 0 Å². The Balaban J connectivity index is 2.04. The summed E-state index contributed by atoms with van der Waals surface area (Å²) in [5.74, 6) is 0.286. The van der Waals surface area contributed by atoms with Crippen LogP contribution in [0.1, 0.15) is 23.6 Å². The summed E-state index contributed by atoms with van der Waals surface area (Å²) >= 11 is 0. The second-order valence-corrected chi connectivity index (χ2v) is 5.45. The lowest BCUT2D eigenvalue weighted by molar-refractivity contribution is -0.122. The first-order valence-electron chi connectivity index (χ1n) is 7.01. The second kappa shape index (κ2) is 6.31. The van der Waals surface area contributed by atoms with Crippen LogP contribution >= 0.6 is 0 Å². The fourth-order valence-corrected chi connectivity index (χ4v) is 2.84. The number of benzene rings is 1. The summed E-state index contributed by atoms with van der Waals surface area (Å²) in [7, 11) is 0. The zero-order valence-corrected chi connectivity index (χ0v) is 12.0. The van der Waals surface area contributed by atoms with Gasteiger partial charge < -0.3 is 10.1 Å². The molecule has 3 heteroatoms. The van der Waals surface area contributed by atoms with Crippen LogP contribution in [0.25, 0.3) is 0 Å². The van der Waals surface area contributed by atoms with E-state index in [1.165, 1.54) is 11.1 Å². The predicted molar refractivity (Wildman–Crippen MR) is 76.4 cm³/mol. The van der Waals surface area contributed by atoms with Crippen LogP contribution in [0.3, 0.4) is 0 Å². The Morgan fingerprint density at radius 2 is 1.95 bits per heavy atom. The first kappa shape index (κ1) is 14.2. The molecular weight excluding hydrogens is 238 g/mol. The van der Waals surface area contributed by atoms with Crippen LogP contribution in [-0.4, -0.2) is 31.6 Å². The van der Waals surface area contributed by atoms with Crippen molar-refractivity contribution in [2.24, 2.45) is 5.92 Å². The number of ketones is 1. The van der Waals surface area contributed by atoms with Crippen LogP contribution in [0, 0.1) is 19.8 Å². The summed E-state index contributed by atoms with van der Waals surface area (Å²) in [5, 5.41) is 3.34. The van der Waals surface area contributed by atoms with E-state index in [0.29, 0.717) is 19.6 Å². The fraction of sp³-hybridized carbons (Fsp3) is 0.562. The molecule has 0 bridgehead atoms. The van der Waals surface area contributed by atoms with E-state index in [-0.39, 0.29) is 17.7 Å². The zero-order chi connectivity index (χ0) is 13.8. The first-order chi connectivity index (χ1) is 9.10. The molecule has 0 aromatic heterocycles. The molecule has 1 heterocycles. The standard InChI is InChI=1S/C16H23NO2/c1-4-17-15-10-19-9-14(15)16(18)8-13-6-11(2)5-12(3)7-13/h5-7,14-15,17H,4,8-10H2,1-3H3. The van der Waals surface area contributed by atoms with Crippen molar-refractivity contribution in [3.05, 3.63) is 34.9 Å². The smallest absolute Gasteiger partial charge is 0.144 e. The molecule has 1 aliphatic rings. The van der Waals surface area contributed by atoms with Gasteiger partial charge >= 0.3 is 0 Å². The average Bonchev–Trinajstić information content (AvgIpc) is 2.76. The summed E-state index contributed by atoms with van der Waals surface area (Å²) in [6, 6.07) is 6.52. The number of carbonyl (C=O) groups is 1. The number of rotatable bonds is 5. The monoisotopic (exact) mass is 261 g/mol. The maximum absolute atomic E-state index is 12.4. The van der Waals surface area contributed by atoms with Gasteiger partial charge in [-0.25, -0.2) is 0 Å². The summed E-state index contributed by atoms with van der Waals surface area (Å²) in [6.45, 7) is 8.28. The quantitative estimate of drug-likeness (QED) is 0.881. The van der Waals surface area contributed by atoms with Crippen LogP contribution in [0.2, 0.25) is 0 Å².